The van der Waals surface area contributed by atoms with Crippen LogP contribution in [0.2, 0.25) is 0 Å². The van der Waals surface area contributed by atoms with E-state index in [1.165, 1.54) is 0 Å². The Kier molecular flexibility index (Phi) is 3.31. The molecule has 0 unspecified atom stereocenters. The Morgan fingerprint density at radius 2 is 1.85 bits per heavy atom. The van der Waals surface area contributed by atoms with E-state index in [1.54, 1.807) is 12.4 Å². The molecule has 100 valence electrons. The first kappa shape index (κ1) is 12.6. The van der Waals surface area contributed by atoms with Crippen LogP contribution in [0, 0.1) is 6.92 Å². The van der Waals surface area contributed by atoms with Crippen LogP contribution in [-0.2, 0) is 6.54 Å². The number of pyridine rings is 2. The third kappa shape index (κ3) is 2.21. The van der Waals surface area contributed by atoms with Crippen molar-refractivity contribution in [1.29, 1.82) is 0 Å². The molecule has 0 saturated heterocycles. The van der Waals surface area contributed by atoms with Gasteiger partial charge in [-0.2, -0.15) is 0 Å². The van der Waals surface area contributed by atoms with Crippen LogP contribution in [0.3, 0.4) is 0 Å². The zero-order valence-electron chi connectivity index (χ0n) is 11.2. The van der Waals surface area contributed by atoms with Crippen LogP contribution in [0.25, 0.3) is 10.8 Å². The molecule has 3 aromatic rings. The van der Waals surface area contributed by atoms with Gasteiger partial charge < -0.3 is 10.5 Å². The number of aromatic nitrogens is 2. The highest BCUT2D eigenvalue weighted by Crippen LogP contribution is 2.30. The van der Waals surface area contributed by atoms with Gasteiger partial charge in [0.05, 0.1) is 5.69 Å². The molecule has 0 fully saturated rings. The average molecular weight is 265 g/mol. The largest absolute Gasteiger partial charge is 0.436 e. The van der Waals surface area contributed by atoms with E-state index in [9.17, 15) is 0 Å². The number of hydrogen-bond acceptors (Lipinski definition) is 4. The van der Waals surface area contributed by atoms with Crippen LogP contribution in [0.1, 0.15) is 11.3 Å². The summed E-state index contributed by atoms with van der Waals surface area (Å²) in [6.45, 7) is 2.37. The third-order valence-electron chi connectivity index (χ3n) is 3.23. The molecule has 0 aliphatic rings. The van der Waals surface area contributed by atoms with Gasteiger partial charge in [-0.05, 0) is 36.1 Å². The van der Waals surface area contributed by atoms with E-state index in [0.29, 0.717) is 18.2 Å². The fourth-order valence-corrected chi connectivity index (χ4v) is 2.15. The molecule has 0 bridgehead atoms. The summed E-state index contributed by atoms with van der Waals surface area (Å²) in [6, 6.07) is 11.7. The SMILES string of the molecule is Cc1ncccc1Oc1ncc(CN)c2ccccc12. The van der Waals surface area contributed by atoms with Gasteiger partial charge in [-0.15, -0.1) is 0 Å². The molecule has 2 aromatic heterocycles. The minimum Gasteiger partial charge on any atom is -0.436 e. The molecule has 2 N–H and O–H groups in total. The zero-order chi connectivity index (χ0) is 13.9. The van der Waals surface area contributed by atoms with Gasteiger partial charge in [0.15, 0.2) is 5.75 Å². The lowest BCUT2D eigenvalue weighted by Crippen LogP contribution is -2.00. The van der Waals surface area contributed by atoms with E-state index in [1.807, 2.05) is 43.3 Å². The summed E-state index contributed by atoms with van der Waals surface area (Å²) in [4.78, 5) is 8.60. The molecule has 3 rings (SSSR count). The second-order valence-corrected chi connectivity index (χ2v) is 4.53. The molecule has 0 aliphatic heterocycles. The van der Waals surface area contributed by atoms with Gasteiger partial charge in [-0.3, -0.25) is 4.98 Å². The monoisotopic (exact) mass is 265 g/mol. The van der Waals surface area contributed by atoms with E-state index in [0.717, 1.165) is 22.0 Å². The molecular weight excluding hydrogens is 250 g/mol. The quantitative estimate of drug-likeness (QED) is 0.790. The number of ether oxygens (including phenoxy) is 1. The summed E-state index contributed by atoms with van der Waals surface area (Å²) in [5.74, 6) is 1.29. The normalized spacial score (nSPS) is 10.7. The molecule has 20 heavy (non-hydrogen) atoms. The summed E-state index contributed by atoms with van der Waals surface area (Å²) in [7, 11) is 0. The number of hydrogen-bond donors (Lipinski definition) is 1. The van der Waals surface area contributed by atoms with Gasteiger partial charge in [0.1, 0.15) is 0 Å². The maximum Gasteiger partial charge on any atom is 0.227 e. The van der Waals surface area contributed by atoms with Crippen molar-refractivity contribution in [3.63, 3.8) is 0 Å². The maximum atomic E-state index is 5.91. The van der Waals surface area contributed by atoms with E-state index in [-0.39, 0.29) is 0 Å². The van der Waals surface area contributed by atoms with Crippen LogP contribution < -0.4 is 10.5 Å². The molecule has 0 saturated carbocycles. The first-order valence-electron chi connectivity index (χ1n) is 6.46. The van der Waals surface area contributed by atoms with Crippen molar-refractivity contribution in [3.8, 4) is 11.6 Å². The zero-order valence-corrected chi connectivity index (χ0v) is 11.2. The summed E-state index contributed by atoms with van der Waals surface area (Å²) < 4.78 is 5.91. The second-order valence-electron chi connectivity index (χ2n) is 4.53. The Bertz CT molecular complexity index is 756. The lowest BCUT2D eigenvalue weighted by molar-refractivity contribution is 0.462. The first-order valence-corrected chi connectivity index (χ1v) is 6.46. The van der Waals surface area contributed by atoms with Gasteiger partial charge in [0.25, 0.3) is 0 Å². The minimum absolute atomic E-state index is 0.458. The Hall–Kier alpha value is -2.46. The highest BCUT2D eigenvalue weighted by molar-refractivity contribution is 5.89. The topological polar surface area (TPSA) is 61.0 Å². The Labute approximate surface area is 117 Å². The van der Waals surface area contributed by atoms with Gasteiger partial charge in [0, 0.05) is 24.3 Å². The molecular formula is C16H15N3O. The highest BCUT2D eigenvalue weighted by Gasteiger charge is 2.09. The predicted molar refractivity (Wildman–Crippen MR) is 78.7 cm³/mol. The van der Waals surface area contributed by atoms with Crippen LogP contribution in [0.4, 0.5) is 0 Å². The number of aryl methyl sites for hydroxylation is 1. The number of nitrogens with zero attached hydrogens (tertiary/aromatic N) is 2. The summed E-state index contributed by atoms with van der Waals surface area (Å²) in [6.07, 6.45) is 3.51. The summed E-state index contributed by atoms with van der Waals surface area (Å²) >= 11 is 0. The number of nitrogens with two attached hydrogens (primary N) is 1. The molecule has 1 aromatic carbocycles. The molecule has 0 spiro atoms. The lowest BCUT2D eigenvalue weighted by atomic mass is 10.1. The molecule has 0 aliphatic carbocycles. The first-order chi connectivity index (χ1) is 9.79. The third-order valence-corrected chi connectivity index (χ3v) is 3.23. The van der Waals surface area contributed by atoms with Crippen molar-refractivity contribution < 1.29 is 4.74 Å². The standard InChI is InChI=1S/C16H15N3O/c1-11-15(7-4-8-18-11)20-16-14-6-3-2-5-13(14)12(9-17)10-19-16/h2-8,10H,9,17H2,1H3. The van der Waals surface area contributed by atoms with E-state index in [4.69, 9.17) is 10.5 Å². The van der Waals surface area contributed by atoms with Crippen molar-refractivity contribution in [1.82, 2.24) is 9.97 Å². The van der Waals surface area contributed by atoms with Crippen molar-refractivity contribution in [3.05, 3.63) is 60.0 Å². The number of fused-ring (bicyclic) bond motifs is 1. The average Bonchev–Trinajstić information content (AvgIpc) is 2.50. The fraction of sp³-hybridized carbons (Fsp3) is 0.125. The Balaban J connectivity index is 2.11. The number of rotatable bonds is 3. The second kappa shape index (κ2) is 5.27. The van der Waals surface area contributed by atoms with E-state index >= 15 is 0 Å². The molecule has 0 radical (unpaired) electrons. The Morgan fingerprint density at radius 1 is 1.05 bits per heavy atom. The highest BCUT2D eigenvalue weighted by atomic mass is 16.5. The molecule has 2 heterocycles. The summed E-state index contributed by atoms with van der Waals surface area (Å²) in [5, 5.41) is 2.03. The van der Waals surface area contributed by atoms with Crippen molar-refractivity contribution >= 4 is 10.8 Å². The van der Waals surface area contributed by atoms with E-state index < -0.39 is 0 Å². The van der Waals surface area contributed by atoms with Crippen molar-refractivity contribution in [2.24, 2.45) is 5.73 Å². The smallest absolute Gasteiger partial charge is 0.227 e. The molecule has 4 heteroatoms. The van der Waals surface area contributed by atoms with Crippen molar-refractivity contribution in [2.45, 2.75) is 13.5 Å². The van der Waals surface area contributed by atoms with Gasteiger partial charge in [-0.1, -0.05) is 18.2 Å². The summed E-state index contributed by atoms with van der Waals surface area (Å²) in [5.41, 5.74) is 7.60. The van der Waals surface area contributed by atoms with Crippen molar-refractivity contribution in [2.75, 3.05) is 0 Å². The molecule has 4 nitrogen and oxygen atoms in total. The van der Waals surface area contributed by atoms with Crippen LogP contribution >= 0.6 is 0 Å². The van der Waals surface area contributed by atoms with Crippen LogP contribution in [0.15, 0.2) is 48.8 Å². The van der Waals surface area contributed by atoms with Gasteiger partial charge >= 0.3 is 0 Å². The Morgan fingerprint density at radius 3 is 2.60 bits per heavy atom. The van der Waals surface area contributed by atoms with Crippen LogP contribution in [0.5, 0.6) is 11.6 Å². The lowest BCUT2D eigenvalue weighted by Gasteiger charge is -2.11. The minimum atomic E-state index is 0.458. The molecule has 0 amide bonds. The van der Waals surface area contributed by atoms with Crippen LogP contribution in [-0.4, -0.2) is 9.97 Å². The van der Waals surface area contributed by atoms with Gasteiger partial charge in [-0.25, -0.2) is 4.98 Å². The van der Waals surface area contributed by atoms with Gasteiger partial charge in [0.2, 0.25) is 5.88 Å². The molecule has 0 atom stereocenters. The van der Waals surface area contributed by atoms with E-state index in [2.05, 4.69) is 9.97 Å². The maximum absolute atomic E-state index is 5.91. The fourth-order valence-electron chi connectivity index (χ4n) is 2.15. The number of benzene rings is 1. The predicted octanol–water partition coefficient (Wildman–Crippen LogP) is 3.19.